The Hall–Kier alpha value is -2.17. The van der Waals surface area contributed by atoms with Gasteiger partial charge in [-0.05, 0) is 31.0 Å². The van der Waals surface area contributed by atoms with Gasteiger partial charge in [0, 0.05) is 18.7 Å². The van der Waals surface area contributed by atoms with Crippen molar-refractivity contribution in [2.45, 2.75) is 23.3 Å². The van der Waals surface area contributed by atoms with Crippen LogP contribution < -0.4 is 15.4 Å². The zero-order chi connectivity index (χ0) is 19.1. The number of thioether (sulfide) groups is 1. The third kappa shape index (κ3) is 5.91. The molecule has 1 aliphatic rings. The number of nitrogens with one attached hydrogen (secondary N) is 2. The average Bonchev–Trinajstić information content (AvgIpc) is 3.36. The Morgan fingerprint density at radius 1 is 1.41 bits per heavy atom. The first-order valence-corrected chi connectivity index (χ1v) is 10.2. The molecular formula is C17H20N4O4S2. The van der Waals surface area contributed by atoms with Crippen LogP contribution in [0.15, 0.2) is 28.6 Å². The molecule has 27 heavy (non-hydrogen) atoms. The van der Waals surface area contributed by atoms with E-state index in [1.807, 2.05) is 0 Å². The van der Waals surface area contributed by atoms with Crippen LogP contribution in [0.4, 0.5) is 5.13 Å². The van der Waals surface area contributed by atoms with E-state index in [4.69, 9.17) is 9.47 Å². The highest BCUT2D eigenvalue weighted by Gasteiger charge is 2.17. The minimum absolute atomic E-state index is 0.0762. The zero-order valence-corrected chi connectivity index (χ0v) is 16.4. The fourth-order valence-corrected chi connectivity index (χ4v) is 4.04. The molecule has 0 aliphatic carbocycles. The molecule has 2 amide bonds. The van der Waals surface area contributed by atoms with E-state index in [2.05, 4.69) is 20.8 Å². The van der Waals surface area contributed by atoms with E-state index in [1.54, 1.807) is 31.4 Å². The summed E-state index contributed by atoms with van der Waals surface area (Å²) in [5.74, 6) is 0.472. The number of anilines is 1. The highest BCUT2D eigenvalue weighted by Crippen LogP contribution is 2.26. The van der Waals surface area contributed by atoms with Crippen LogP contribution in [0.5, 0.6) is 5.75 Å². The second kappa shape index (κ2) is 9.67. The van der Waals surface area contributed by atoms with Crippen molar-refractivity contribution in [2.75, 3.05) is 31.3 Å². The predicted molar refractivity (Wildman–Crippen MR) is 104 cm³/mol. The second-order valence-electron chi connectivity index (χ2n) is 5.79. The summed E-state index contributed by atoms with van der Waals surface area (Å²) in [6.07, 6.45) is 2.16. The van der Waals surface area contributed by atoms with Gasteiger partial charge < -0.3 is 14.8 Å². The second-order valence-corrected chi connectivity index (χ2v) is 7.99. The van der Waals surface area contributed by atoms with Crippen molar-refractivity contribution in [3.8, 4) is 5.75 Å². The van der Waals surface area contributed by atoms with Crippen LogP contribution in [-0.2, 0) is 9.53 Å². The molecule has 3 rings (SSSR count). The van der Waals surface area contributed by atoms with Gasteiger partial charge in [-0.15, -0.1) is 10.2 Å². The number of methoxy groups -OCH3 is 1. The van der Waals surface area contributed by atoms with Crippen LogP contribution in [0.2, 0.25) is 0 Å². The number of benzene rings is 1. The maximum atomic E-state index is 12.3. The summed E-state index contributed by atoms with van der Waals surface area (Å²) in [5, 5.41) is 13.9. The molecule has 0 saturated carbocycles. The smallest absolute Gasteiger partial charge is 0.257 e. The molecule has 1 unspecified atom stereocenters. The van der Waals surface area contributed by atoms with Gasteiger partial charge in [0.05, 0.1) is 19.0 Å². The Bertz CT molecular complexity index is 793. The Kier molecular flexibility index (Phi) is 7.02. The van der Waals surface area contributed by atoms with Crippen LogP contribution in [0.3, 0.4) is 0 Å². The lowest BCUT2D eigenvalue weighted by molar-refractivity contribution is -0.119. The topological polar surface area (TPSA) is 102 Å². The SMILES string of the molecule is COc1cccc(C(=O)Nc2nnc(SCC(=O)NCC3CCCO3)s2)c1. The van der Waals surface area contributed by atoms with Crippen molar-refractivity contribution in [3.63, 3.8) is 0 Å². The van der Waals surface area contributed by atoms with E-state index in [0.29, 0.717) is 27.3 Å². The first-order valence-electron chi connectivity index (χ1n) is 8.44. The molecule has 144 valence electrons. The Morgan fingerprint density at radius 2 is 2.30 bits per heavy atom. The number of amides is 2. The molecule has 2 heterocycles. The van der Waals surface area contributed by atoms with E-state index < -0.39 is 0 Å². The van der Waals surface area contributed by atoms with Crippen molar-refractivity contribution in [1.29, 1.82) is 0 Å². The molecular weight excluding hydrogens is 388 g/mol. The lowest BCUT2D eigenvalue weighted by Crippen LogP contribution is -2.32. The molecule has 1 fully saturated rings. The molecule has 0 spiro atoms. The molecule has 2 N–H and O–H groups in total. The van der Waals surface area contributed by atoms with Gasteiger partial charge in [-0.25, -0.2) is 0 Å². The van der Waals surface area contributed by atoms with Gasteiger partial charge in [0.1, 0.15) is 5.75 Å². The maximum absolute atomic E-state index is 12.3. The minimum Gasteiger partial charge on any atom is -0.497 e. The third-order valence-electron chi connectivity index (χ3n) is 3.84. The van der Waals surface area contributed by atoms with E-state index in [-0.39, 0.29) is 23.7 Å². The monoisotopic (exact) mass is 408 g/mol. The van der Waals surface area contributed by atoms with Crippen LogP contribution in [0.1, 0.15) is 23.2 Å². The summed E-state index contributed by atoms with van der Waals surface area (Å²) < 4.78 is 11.2. The molecule has 1 saturated heterocycles. The summed E-state index contributed by atoms with van der Waals surface area (Å²) in [5.41, 5.74) is 0.465. The fourth-order valence-electron chi connectivity index (χ4n) is 2.46. The largest absolute Gasteiger partial charge is 0.497 e. The number of nitrogens with zero attached hydrogens (tertiary/aromatic N) is 2. The molecule has 0 radical (unpaired) electrons. The van der Waals surface area contributed by atoms with Gasteiger partial charge in [-0.3, -0.25) is 14.9 Å². The van der Waals surface area contributed by atoms with Crippen molar-refractivity contribution >= 4 is 40.0 Å². The maximum Gasteiger partial charge on any atom is 0.257 e. The van der Waals surface area contributed by atoms with Crippen molar-refractivity contribution in [3.05, 3.63) is 29.8 Å². The molecule has 1 atom stereocenters. The fraction of sp³-hybridized carbons (Fsp3) is 0.412. The molecule has 2 aromatic rings. The number of aromatic nitrogens is 2. The van der Waals surface area contributed by atoms with Gasteiger partial charge in [-0.1, -0.05) is 29.2 Å². The first kappa shape index (κ1) is 19.6. The standard InChI is InChI=1S/C17H20N4O4S2/c1-24-12-5-2-4-11(8-12)15(23)19-16-20-21-17(27-16)26-10-14(22)18-9-13-6-3-7-25-13/h2,4-5,8,13H,3,6-7,9-10H2,1H3,(H,18,22)(H,19,20,23). The molecule has 0 bridgehead atoms. The number of hydrogen-bond donors (Lipinski definition) is 2. The van der Waals surface area contributed by atoms with Crippen LogP contribution in [-0.4, -0.2) is 54.1 Å². The highest BCUT2D eigenvalue weighted by atomic mass is 32.2. The predicted octanol–water partition coefficient (Wildman–Crippen LogP) is 2.19. The number of hydrogen-bond acceptors (Lipinski definition) is 8. The molecule has 10 heteroatoms. The Morgan fingerprint density at radius 3 is 3.07 bits per heavy atom. The van der Waals surface area contributed by atoms with Crippen molar-refractivity contribution in [1.82, 2.24) is 15.5 Å². The van der Waals surface area contributed by atoms with Crippen molar-refractivity contribution in [2.24, 2.45) is 0 Å². The molecule has 1 aromatic carbocycles. The lowest BCUT2D eigenvalue weighted by atomic mass is 10.2. The summed E-state index contributed by atoms with van der Waals surface area (Å²) in [4.78, 5) is 24.1. The van der Waals surface area contributed by atoms with Crippen molar-refractivity contribution < 1.29 is 19.1 Å². The third-order valence-corrected chi connectivity index (χ3v) is 5.81. The van der Waals surface area contributed by atoms with Gasteiger partial charge in [0.2, 0.25) is 11.0 Å². The van der Waals surface area contributed by atoms with Gasteiger partial charge >= 0.3 is 0 Å². The average molecular weight is 409 g/mol. The molecule has 1 aliphatic heterocycles. The summed E-state index contributed by atoms with van der Waals surface area (Å²) in [6, 6.07) is 6.84. The van der Waals surface area contributed by atoms with E-state index >= 15 is 0 Å². The van der Waals surface area contributed by atoms with Crippen LogP contribution >= 0.6 is 23.1 Å². The van der Waals surface area contributed by atoms with Crippen LogP contribution in [0.25, 0.3) is 0 Å². The number of carbonyl (C=O) groups is 2. The Labute approximate surface area is 165 Å². The minimum atomic E-state index is -0.295. The number of carbonyl (C=O) groups excluding carboxylic acids is 2. The van der Waals surface area contributed by atoms with Gasteiger partial charge in [0.15, 0.2) is 4.34 Å². The lowest BCUT2D eigenvalue weighted by Gasteiger charge is -2.09. The highest BCUT2D eigenvalue weighted by molar-refractivity contribution is 8.01. The van der Waals surface area contributed by atoms with E-state index in [9.17, 15) is 9.59 Å². The Balaban J connectivity index is 1.44. The zero-order valence-electron chi connectivity index (χ0n) is 14.8. The summed E-state index contributed by atoms with van der Waals surface area (Å²) in [6.45, 7) is 1.31. The van der Waals surface area contributed by atoms with Gasteiger partial charge in [0.25, 0.3) is 5.91 Å². The normalized spacial score (nSPS) is 16.1. The summed E-state index contributed by atoms with van der Waals surface area (Å²) in [7, 11) is 1.54. The van der Waals surface area contributed by atoms with E-state index in [1.165, 1.54) is 23.1 Å². The number of ether oxygens (including phenoxy) is 2. The molecule has 8 nitrogen and oxygen atoms in total. The van der Waals surface area contributed by atoms with Crippen LogP contribution in [0, 0.1) is 0 Å². The molecule has 1 aromatic heterocycles. The first-order chi connectivity index (χ1) is 13.1. The van der Waals surface area contributed by atoms with Gasteiger partial charge in [-0.2, -0.15) is 0 Å². The number of rotatable bonds is 8. The summed E-state index contributed by atoms with van der Waals surface area (Å²) >= 11 is 2.51. The van der Waals surface area contributed by atoms with E-state index in [0.717, 1.165) is 19.4 Å². The quantitative estimate of drug-likeness (QED) is 0.510.